The van der Waals surface area contributed by atoms with E-state index in [0.29, 0.717) is 17.7 Å². The third kappa shape index (κ3) is 3.01. The summed E-state index contributed by atoms with van der Waals surface area (Å²) in [6.45, 7) is 2.80. The van der Waals surface area contributed by atoms with Crippen LogP contribution in [0.1, 0.15) is 46.9 Å². The van der Waals surface area contributed by atoms with Crippen molar-refractivity contribution in [2.45, 2.75) is 32.2 Å². The Bertz CT molecular complexity index is 468. The number of ketones is 1. The van der Waals surface area contributed by atoms with Crippen LogP contribution in [-0.4, -0.2) is 35.7 Å². The Morgan fingerprint density at radius 2 is 1.84 bits per heavy atom. The van der Waals surface area contributed by atoms with Crippen LogP contribution in [0.5, 0.6) is 0 Å². The van der Waals surface area contributed by atoms with E-state index < -0.39 is 0 Å². The zero-order valence-electron chi connectivity index (χ0n) is 11.3. The molecule has 102 valence electrons. The summed E-state index contributed by atoms with van der Waals surface area (Å²) in [7, 11) is 0. The summed E-state index contributed by atoms with van der Waals surface area (Å²) in [5.41, 5.74) is 6.99. The molecule has 1 atom stereocenters. The summed E-state index contributed by atoms with van der Waals surface area (Å²) >= 11 is 0. The highest BCUT2D eigenvalue weighted by Gasteiger charge is 2.26. The summed E-state index contributed by atoms with van der Waals surface area (Å²) < 4.78 is 0. The summed E-state index contributed by atoms with van der Waals surface area (Å²) in [5.74, 6) is 0.0297. The number of hydrogen-bond donors (Lipinski definition) is 1. The quantitative estimate of drug-likeness (QED) is 0.843. The van der Waals surface area contributed by atoms with Crippen molar-refractivity contribution in [3.05, 3.63) is 35.4 Å². The number of piperidine rings is 1. The number of carbonyl (C=O) groups is 2. The lowest BCUT2D eigenvalue weighted by molar-refractivity contribution is 0.0623. The lowest BCUT2D eigenvalue weighted by atomic mass is 10.0. The normalized spacial score (nSPS) is 19.3. The number of benzene rings is 1. The van der Waals surface area contributed by atoms with Crippen molar-refractivity contribution in [1.29, 1.82) is 0 Å². The first kappa shape index (κ1) is 13.7. The molecule has 0 spiro atoms. The van der Waals surface area contributed by atoms with Crippen molar-refractivity contribution in [2.24, 2.45) is 5.73 Å². The number of nitrogens with zero attached hydrogens (tertiary/aromatic N) is 1. The molecular weight excluding hydrogens is 240 g/mol. The highest BCUT2D eigenvalue weighted by atomic mass is 16.2. The van der Waals surface area contributed by atoms with E-state index in [1.54, 1.807) is 24.3 Å². The van der Waals surface area contributed by atoms with Crippen LogP contribution in [0.25, 0.3) is 0 Å². The highest BCUT2D eigenvalue weighted by molar-refractivity contribution is 5.97. The van der Waals surface area contributed by atoms with Crippen molar-refractivity contribution in [1.82, 2.24) is 4.90 Å². The van der Waals surface area contributed by atoms with Gasteiger partial charge in [0.05, 0.1) is 0 Å². The molecule has 4 nitrogen and oxygen atoms in total. The monoisotopic (exact) mass is 260 g/mol. The van der Waals surface area contributed by atoms with Crippen molar-refractivity contribution >= 4 is 11.7 Å². The number of rotatable bonds is 3. The van der Waals surface area contributed by atoms with Crippen molar-refractivity contribution in [3.63, 3.8) is 0 Å². The van der Waals surface area contributed by atoms with Gasteiger partial charge in [0.15, 0.2) is 5.78 Å². The molecule has 0 aliphatic carbocycles. The molecule has 1 heterocycles. The van der Waals surface area contributed by atoms with Crippen molar-refractivity contribution in [2.75, 3.05) is 13.1 Å². The molecule has 1 fully saturated rings. The molecule has 1 aliphatic rings. The molecule has 1 aromatic carbocycles. The third-order valence-corrected chi connectivity index (χ3v) is 3.70. The molecule has 1 saturated heterocycles. The van der Waals surface area contributed by atoms with Gasteiger partial charge in [-0.05, 0) is 38.3 Å². The van der Waals surface area contributed by atoms with Crippen LogP contribution in [-0.2, 0) is 0 Å². The Morgan fingerprint density at radius 3 is 2.42 bits per heavy atom. The van der Waals surface area contributed by atoms with Crippen LogP contribution in [0.4, 0.5) is 0 Å². The number of hydrogen-bond acceptors (Lipinski definition) is 3. The van der Waals surface area contributed by atoms with Crippen molar-refractivity contribution in [3.8, 4) is 0 Å². The summed E-state index contributed by atoms with van der Waals surface area (Å²) in [6, 6.07) is 7.00. The molecule has 0 bridgehead atoms. The topological polar surface area (TPSA) is 63.4 Å². The number of amides is 1. The maximum absolute atomic E-state index is 12.4. The van der Waals surface area contributed by atoms with Gasteiger partial charge in [-0.2, -0.15) is 0 Å². The zero-order valence-corrected chi connectivity index (χ0v) is 11.3. The van der Waals surface area contributed by atoms with Gasteiger partial charge in [-0.1, -0.05) is 12.1 Å². The second kappa shape index (κ2) is 5.97. The second-order valence-electron chi connectivity index (χ2n) is 5.02. The van der Waals surface area contributed by atoms with Gasteiger partial charge in [-0.25, -0.2) is 0 Å². The summed E-state index contributed by atoms with van der Waals surface area (Å²) in [4.78, 5) is 25.5. The predicted molar refractivity (Wildman–Crippen MR) is 74.2 cm³/mol. The molecular formula is C15H20N2O2. The maximum atomic E-state index is 12.4. The van der Waals surface area contributed by atoms with Crippen LogP contribution in [0.2, 0.25) is 0 Å². The van der Waals surface area contributed by atoms with E-state index in [-0.39, 0.29) is 17.7 Å². The number of Topliss-reactive ketones (excluding diaryl/α,β-unsaturated/α-hetero) is 1. The van der Waals surface area contributed by atoms with E-state index in [9.17, 15) is 9.59 Å². The maximum Gasteiger partial charge on any atom is 0.254 e. The molecule has 1 aromatic rings. The van der Waals surface area contributed by atoms with Crippen LogP contribution < -0.4 is 5.73 Å². The summed E-state index contributed by atoms with van der Waals surface area (Å²) in [6.07, 6.45) is 3.15. The predicted octanol–water partition coefficient (Wildman–Crippen LogP) is 1.84. The average Bonchev–Trinajstić information content (AvgIpc) is 2.46. The van der Waals surface area contributed by atoms with Gasteiger partial charge in [0.25, 0.3) is 5.91 Å². The standard InChI is InChI=1S/C15H20N2O2/c1-11(18)12-5-7-13(8-6-12)15(19)17-9-3-2-4-14(17)10-16/h5-8,14H,2-4,9-10,16H2,1H3. The van der Waals surface area contributed by atoms with E-state index in [0.717, 1.165) is 25.8 Å². The molecule has 1 unspecified atom stereocenters. The van der Waals surface area contributed by atoms with Gasteiger partial charge in [0.1, 0.15) is 0 Å². The second-order valence-corrected chi connectivity index (χ2v) is 5.02. The molecule has 1 amide bonds. The van der Waals surface area contributed by atoms with E-state index >= 15 is 0 Å². The first-order valence-electron chi connectivity index (χ1n) is 6.75. The smallest absolute Gasteiger partial charge is 0.254 e. The molecule has 0 radical (unpaired) electrons. The Balaban J connectivity index is 2.16. The van der Waals surface area contributed by atoms with Crippen LogP contribution >= 0.6 is 0 Å². The number of carbonyl (C=O) groups excluding carboxylic acids is 2. The molecule has 0 saturated carbocycles. The summed E-state index contributed by atoms with van der Waals surface area (Å²) in [5, 5.41) is 0. The minimum Gasteiger partial charge on any atom is -0.334 e. The van der Waals surface area contributed by atoms with Gasteiger partial charge in [0.2, 0.25) is 0 Å². The van der Waals surface area contributed by atoms with E-state index in [1.165, 1.54) is 6.92 Å². The first-order chi connectivity index (χ1) is 9.13. The van der Waals surface area contributed by atoms with Crippen LogP contribution in [0, 0.1) is 0 Å². The first-order valence-corrected chi connectivity index (χ1v) is 6.75. The van der Waals surface area contributed by atoms with Gasteiger partial charge < -0.3 is 10.6 Å². The molecule has 19 heavy (non-hydrogen) atoms. The zero-order chi connectivity index (χ0) is 13.8. The fourth-order valence-electron chi connectivity index (χ4n) is 2.53. The Kier molecular flexibility index (Phi) is 4.32. The van der Waals surface area contributed by atoms with E-state index in [4.69, 9.17) is 5.73 Å². The molecule has 2 rings (SSSR count). The van der Waals surface area contributed by atoms with E-state index in [2.05, 4.69) is 0 Å². The molecule has 2 N–H and O–H groups in total. The van der Waals surface area contributed by atoms with Gasteiger partial charge in [0, 0.05) is 30.3 Å². The number of likely N-dealkylation sites (tertiary alicyclic amines) is 1. The minimum absolute atomic E-state index is 0.0109. The fourth-order valence-corrected chi connectivity index (χ4v) is 2.53. The molecule has 4 heteroatoms. The highest BCUT2D eigenvalue weighted by Crippen LogP contribution is 2.19. The lowest BCUT2D eigenvalue weighted by Gasteiger charge is -2.35. The minimum atomic E-state index is 0.0109. The lowest BCUT2D eigenvalue weighted by Crippen LogP contribution is -2.47. The van der Waals surface area contributed by atoms with Gasteiger partial charge in [-0.15, -0.1) is 0 Å². The van der Waals surface area contributed by atoms with Crippen molar-refractivity contribution < 1.29 is 9.59 Å². The average molecular weight is 260 g/mol. The van der Waals surface area contributed by atoms with Gasteiger partial charge >= 0.3 is 0 Å². The SMILES string of the molecule is CC(=O)c1ccc(C(=O)N2CCCCC2CN)cc1. The van der Waals surface area contributed by atoms with Crippen LogP contribution in [0.3, 0.4) is 0 Å². The Labute approximate surface area is 113 Å². The molecule has 1 aliphatic heterocycles. The largest absolute Gasteiger partial charge is 0.334 e. The van der Waals surface area contributed by atoms with Crippen LogP contribution in [0.15, 0.2) is 24.3 Å². The van der Waals surface area contributed by atoms with E-state index in [1.807, 2.05) is 4.90 Å². The molecule has 0 aromatic heterocycles. The Hall–Kier alpha value is -1.68. The number of nitrogens with two attached hydrogens (primary N) is 1. The van der Waals surface area contributed by atoms with Gasteiger partial charge in [-0.3, -0.25) is 9.59 Å². The third-order valence-electron chi connectivity index (χ3n) is 3.70. The fraction of sp³-hybridized carbons (Fsp3) is 0.467. The Morgan fingerprint density at radius 1 is 1.21 bits per heavy atom.